The summed E-state index contributed by atoms with van der Waals surface area (Å²) < 4.78 is 13.9. The quantitative estimate of drug-likeness (QED) is 0.391. The minimum absolute atomic E-state index is 0.0677. The van der Waals surface area contributed by atoms with Gasteiger partial charge < -0.3 is 9.31 Å². The van der Waals surface area contributed by atoms with Crippen molar-refractivity contribution in [1.82, 2.24) is 4.98 Å². The molecule has 174 valence electrons. The van der Waals surface area contributed by atoms with Gasteiger partial charge in [0.05, 0.1) is 16.9 Å². The summed E-state index contributed by atoms with van der Waals surface area (Å²) in [6, 6.07) is 9.16. The van der Waals surface area contributed by atoms with Crippen molar-refractivity contribution in [2.45, 2.75) is 91.3 Å². The van der Waals surface area contributed by atoms with Gasteiger partial charge in [0.25, 0.3) is 0 Å². The van der Waals surface area contributed by atoms with E-state index >= 15 is 0 Å². The van der Waals surface area contributed by atoms with Crippen LogP contribution in [0, 0.1) is 5.41 Å². The molecular weight excluding hydrogens is 425 g/mol. The lowest BCUT2D eigenvalue weighted by atomic mass is 9.59. The van der Waals surface area contributed by atoms with E-state index < -0.39 is 7.12 Å². The number of hydrogen-bond acceptors (Lipinski definition) is 4. The molecule has 1 aliphatic carbocycles. The maximum atomic E-state index is 6.35. The molecule has 2 aromatic heterocycles. The lowest BCUT2D eigenvalue weighted by Gasteiger charge is -2.44. The molecule has 0 amide bonds. The highest BCUT2D eigenvalue weighted by Crippen LogP contribution is 2.61. The van der Waals surface area contributed by atoms with Gasteiger partial charge in [-0.1, -0.05) is 53.7 Å². The van der Waals surface area contributed by atoms with Gasteiger partial charge in [0.2, 0.25) is 0 Å². The van der Waals surface area contributed by atoms with Crippen molar-refractivity contribution in [3.05, 3.63) is 47.0 Å². The summed E-state index contributed by atoms with van der Waals surface area (Å²) in [6.07, 6.45) is 1.96. The molecule has 1 aromatic carbocycles. The zero-order valence-electron chi connectivity index (χ0n) is 21.7. The molecule has 3 heterocycles. The van der Waals surface area contributed by atoms with Crippen LogP contribution in [0.4, 0.5) is 0 Å². The molecule has 0 unspecified atom stereocenters. The Morgan fingerprint density at radius 3 is 2.03 bits per heavy atom. The molecule has 2 aliphatic rings. The molecule has 0 saturated carbocycles. The van der Waals surface area contributed by atoms with Crippen LogP contribution in [0.15, 0.2) is 35.8 Å². The fraction of sp³-hybridized carbons (Fsp3) is 0.536. The second-order valence-corrected chi connectivity index (χ2v) is 13.4. The topological polar surface area (TPSA) is 31.4 Å². The van der Waals surface area contributed by atoms with Crippen molar-refractivity contribution in [1.29, 1.82) is 0 Å². The summed E-state index contributed by atoms with van der Waals surface area (Å²) in [5, 5.41) is 3.31. The van der Waals surface area contributed by atoms with Gasteiger partial charge in [0, 0.05) is 27.3 Å². The Hall–Kier alpha value is -1.69. The standard InChI is InChI=1S/C28H36BNO2S/c1-24(2)19-12-11-17(15-20(19)25(3,4)26(24,5)6)22-18-13-14-33-23(18)21(16-30-22)29-31-27(7,8)28(9,10)32-29/h11-16H,1-10H3. The van der Waals surface area contributed by atoms with Gasteiger partial charge in [-0.25, -0.2) is 0 Å². The lowest BCUT2D eigenvalue weighted by Crippen LogP contribution is -2.42. The molecule has 33 heavy (non-hydrogen) atoms. The van der Waals surface area contributed by atoms with Crippen LogP contribution in [0.2, 0.25) is 0 Å². The van der Waals surface area contributed by atoms with Gasteiger partial charge >= 0.3 is 7.12 Å². The minimum atomic E-state index is -0.404. The SMILES string of the molecule is CC1(C)OB(c2cnc(-c3ccc4c(c3)C(C)(C)C(C)(C)C4(C)C)c3ccsc23)OC1(C)C. The Morgan fingerprint density at radius 1 is 0.788 bits per heavy atom. The first-order chi connectivity index (χ1) is 15.1. The molecule has 5 heteroatoms. The third kappa shape index (κ3) is 2.91. The Kier molecular flexibility index (Phi) is 4.69. The van der Waals surface area contributed by atoms with Crippen molar-refractivity contribution in [3.63, 3.8) is 0 Å². The van der Waals surface area contributed by atoms with Crippen LogP contribution >= 0.6 is 11.3 Å². The predicted octanol–water partition coefficient (Wildman–Crippen LogP) is 6.86. The van der Waals surface area contributed by atoms with E-state index in [1.54, 1.807) is 11.3 Å². The number of fused-ring (bicyclic) bond motifs is 2. The van der Waals surface area contributed by atoms with Crippen molar-refractivity contribution < 1.29 is 9.31 Å². The summed E-state index contributed by atoms with van der Waals surface area (Å²) >= 11 is 1.73. The Labute approximate surface area is 203 Å². The van der Waals surface area contributed by atoms with Crippen LogP contribution in [0.25, 0.3) is 21.3 Å². The first-order valence-electron chi connectivity index (χ1n) is 12.0. The third-order valence-corrected chi connectivity index (χ3v) is 10.8. The first kappa shape index (κ1) is 23.1. The third-order valence-electron chi connectivity index (χ3n) is 9.79. The molecule has 0 atom stereocenters. The number of nitrogens with zero attached hydrogens (tertiary/aromatic N) is 1. The van der Waals surface area contributed by atoms with E-state index in [-0.39, 0.29) is 27.4 Å². The van der Waals surface area contributed by atoms with Crippen LogP contribution in [-0.4, -0.2) is 23.3 Å². The van der Waals surface area contributed by atoms with Gasteiger partial charge in [-0.2, -0.15) is 0 Å². The number of pyridine rings is 1. The molecule has 0 radical (unpaired) electrons. The summed E-state index contributed by atoms with van der Waals surface area (Å²) in [5.41, 5.74) is 5.71. The van der Waals surface area contributed by atoms with Gasteiger partial charge in [-0.15, -0.1) is 11.3 Å². The van der Waals surface area contributed by atoms with Crippen molar-refractivity contribution in [3.8, 4) is 11.3 Å². The Morgan fingerprint density at radius 2 is 1.39 bits per heavy atom. The normalized spacial score (nSPS) is 23.8. The fourth-order valence-electron chi connectivity index (χ4n) is 5.56. The second-order valence-electron chi connectivity index (χ2n) is 12.4. The zero-order valence-corrected chi connectivity index (χ0v) is 22.5. The van der Waals surface area contributed by atoms with Gasteiger partial charge in [-0.3, -0.25) is 4.98 Å². The highest BCUT2D eigenvalue weighted by molar-refractivity contribution is 7.18. The van der Waals surface area contributed by atoms with Crippen LogP contribution in [0.3, 0.4) is 0 Å². The van der Waals surface area contributed by atoms with Crippen LogP contribution in [0.5, 0.6) is 0 Å². The molecular formula is C28H36BNO2S. The van der Waals surface area contributed by atoms with Crippen molar-refractivity contribution in [2.24, 2.45) is 5.41 Å². The highest BCUT2D eigenvalue weighted by atomic mass is 32.1. The van der Waals surface area contributed by atoms with Crippen LogP contribution in [-0.2, 0) is 20.1 Å². The molecule has 1 saturated heterocycles. The molecule has 1 aliphatic heterocycles. The van der Waals surface area contributed by atoms with E-state index in [4.69, 9.17) is 14.3 Å². The van der Waals surface area contributed by atoms with E-state index in [9.17, 15) is 0 Å². The minimum Gasteiger partial charge on any atom is -0.399 e. The monoisotopic (exact) mass is 461 g/mol. The molecule has 0 N–H and O–H groups in total. The van der Waals surface area contributed by atoms with Crippen LogP contribution in [0.1, 0.15) is 80.4 Å². The van der Waals surface area contributed by atoms with Crippen molar-refractivity contribution >= 4 is 34.0 Å². The summed E-state index contributed by atoms with van der Waals surface area (Å²) in [6.45, 7) is 22.7. The highest BCUT2D eigenvalue weighted by Gasteiger charge is 2.57. The zero-order chi connectivity index (χ0) is 24.2. The molecule has 3 aromatic rings. The van der Waals surface area contributed by atoms with E-state index in [0.29, 0.717) is 0 Å². The molecule has 1 fully saturated rings. The Balaban J connectivity index is 1.62. The summed E-state index contributed by atoms with van der Waals surface area (Å²) in [5.74, 6) is 0. The molecule has 5 rings (SSSR count). The van der Waals surface area contributed by atoms with Crippen molar-refractivity contribution in [2.75, 3.05) is 0 Å². The summed E-state index contributed by atoms with van der Waals surface area (Å²) in [4.78, 5) is 4.98. The van der Waals surface area contributed by atoms with E-state index in [0.717, 1.165) is 11.2 Å². The summed E-state index contributed by atoms with van der Waals surface area (Å²) in [7, 11) is -0.404. The number of thiophene rings is 1. The molecule has 0 spiro atoms. The number of benzene rings is 1. The van der Waals surface area contributed by atoms with Gasteiger partial charge in [-0.05, 0) is 72.6 Å². The molecule has 3 nitrogen and oxygen atoms in total. The fourth-order valence-corrected chi connectivity index (χ4v) is 6.47. The van der Waals surface area contributed by atoms with E-state index in [1.807, 2.05) is 6.20 Å². The number of aromatic nitrogens is 1. The number of hydrogen-bond donors (Lipinski definition) is 0. The Bertz CT molecular complexity index is 1250. The second kappa shape index (κ2) is 6.71. The molecule has 0 bridgehead atoms. The number of rotatable bonds is 2. The average Bonchev–Trinajstić information content (AvgIpc) is 3.30. The van der Waals surface area contributed by atoms with Gasteiger partial charge in [0.1, 0.15) is 0 Å². The average molecular weight is 461 g/mol. The smallest absolute Gasteiger partial charge is 0.399 e. The van der Waals surface area contributed by atoms with Gasteiger partial charge in [0.15, 0.2) is 0 Å². The first-order valence-corrected chi connectivity index (χ1v) is 12.9. The largest absolute Gasteiger partial charge is 0.497 e. The lowest BCUT2D eigenvalue weighted by molar-refractivity contribution is 0.00578. The predicted molar refractivity (Wildman–Crippen MR) is 141 cm³/mol. The van der Waals surface area contributed by atoms with E-state index in [1.165, 1.54) is 26.8 Å². The maximum Gasteiger partial charge on any atom is 0.497 e. The van der Waals surface area contributed by atoms with E-state index in [2.05, 4.69) is 98.9 Å². The van der Waals surface area contributed by atoms with Crippen LogP contribution < -0.4 is 5.46 Å². The maximum absolute atomic E-state index is 6.35.